The van der Waals surface area contributed by atoms with Crippen molar-refractivity contribution in [3.8, 4) is 0 Å². The van der Waals surface area contributed by atoms with Gasteiger partial charge in [-0.05, 0) is 64.7 Å². The quantitative estimate of drug-likeness (QED) is 0.921. The number of hydrogen-bond donors (Lipinski definition) is 1. The molecule has 2 nitrogen and oxygen atoms in total. The maximum Gasteiger partial charge on any atom is 0.128 e. The Balaban J connectivity index is 1.88. The number of pyridine rings is 1. The van der Waals surface area contributed by atoms with Crippen molar-refractivity contribution in [1.29, 1.82) is 0 Å². The number of rotatable bonds is 3. The Hall–Kier alpha value is -0.220. The van der Waals surface area contributed by atoms with Gasteiger partial charge >= 0.3 is 0 Å². The number of aromatic nitrogens is 1. The first-order valence-corrected chi connectivity index (χ1v) is 7.64. The molecular formula is C12H17BrN2S. The van der Waals surface area contributed by atoms with Crippen LogP contribution in [0.15, 0.2) is 16.7 Å². The predicted octanol–water partition coefficient (Wildman–Crippen LogP) is 3.71. The molecule has 1 saturated heterocycles. The fourth-order valence-electron chi connectivity index (χ4n) is 1.92. The zero-order valence-electron chi connectivity index (χ0n) is 9.50. The van der Waals surface area contributed by atoms with E-state index in [1.165, 1.54) is 29.9 Å². The standard InChI is InChI=1S/C12H17BrN2S/c1-9-6-11(13)8-15-12(9)14-7-10-2-4-16-5-3-10/h6,8,10H,2-5,7H2,1H3,(H,14,15). The molecule has 0 radical (unpaired) electrons. The monoisotopic (exact) mass is 300 g/mol. The average Bonchev–Trinajstić information content (AvgIpc) is 2.29. The molecular weight excluding hydrogens is 284 g/mol. The van der Waals surface area contributed by atoms with Crippen molar-refractivity contribution < 1.29 is 0 Å². The summed E-state index contributed by atoms with van der Waals surface area (Å²) >= 11 is 5.51. The second-order valence-electron chi connectivity index (χ2n) is 4.26. The Morgan fingerprint density at radius 3 is 2.94 bits per heavy atom. The van der Waals surface area contributed by atoms with Gasteiger partial charge in [0.15, 0.2) is 0 Å². The summed E-state index contributed by atoms with van der Waals surface area (Å²) in [4.78, 5) is 4.40. The van der Waals surface area contributed by atoms with Gasteiger partial charge in [0.05, 0.1) is 0 Å². The van der Waals surface area contributed by atoms with Crippen molar-refractivity contribution in [2.75, 3.05) is 23.4 Å². The molecule has 1 N–H and O–H groups in total. The van der Waals surface area contributed by atoms with Gasteiger partial charge in [-0.25, -0.2) is 4.98 Å². The van der Waals surface area contributed by atoms with Gasteiger partial charge in [-0.2, -0.15) is 11.8 Å². The third-order valence-electron chi connectivity index (χ3n) is 2.94. The third kappa shape index (κ3) is 3.39. The van der Waals surface area contributed by atoms with Gasteiger partial charge in [0.25, 0.3) is 0 Å². The van der Waals surface area contributed by atoms with Crippen LogP contribution in [-0.2, 0) is 0 Å². The number of nitrogens with one attached hydrogen (secondary N) is 1. The van der Waals surface area contributed by atoms with Gasteiger partial charge in [-0.1, -0.05) is 0 Å². The number of nitrogens with zero attached hydrogens (tertiary/aromatic N) is 1. The molecule has 4 heteroatoms. The van der Waals surface area contributed by atoms with Crippen LogP contribution < -0.4 is 5.32 Å². The van der Waals surface area contributed by atoms with Gasteiger partial charge < -0.3 is 5.32 Å². The van der Waals surface area contributed by atoms with Crippen molar-refractivity contribution in [1.82, 2.24) is 4.98 Å². The van der Waals surface area contributed by atoms with Crippen LogP contribution in [0.4, 0.5) is 5.82 Å². The first-order valence-electron chi connectivity index (χ1n) is 5.69. The van der Waals surface area contributed by atoms with Gasteiger partial charge in [0.1, 0.15) is 5.82 Å². The minimum Gasteiger partial charge on any atom is -0.370 e. The van der Waals surface area contributed by atoms with E-state index in [0.717, 1.165) is 22.8 Å². The topological polar surface area (TPSA) is 24.9 Å². The predicted molar refractivity (Wildman–Crippen MR) is 75.2 cm³/mol. The van der Waals surface area contributed by atoms with Crippen LogP contribution in [-0.4, -0.2) is 23.0 Å². The lowest BCUT2D eigenvalue weighted by Crippen LogP contribution is -2.19. The minimum absolute atomic E-state index is 0.825. The highest BCUT2D eigenvalue weighted by atomic mass is 79.9. The zero-order chi connectivity index (χ0) is 11.4. The summed E-state index contributed by atoms with van der Waals surface area (Å²) in [6, 6.07) is 2.10. The van der Waals surface area contributed by atoms with E-state index >= 15 is 0 Å². The molecule has 16 heavy (non-hydrogen) atoms. The number of anilines is 1. The Labute approximate surface area is 110 Å². The molecule has 0 spiro atoms. The SMILES string of the molecule is Cc1cc(Br)cnc1NCC1CCSCC1. The molecule has 1 aromatic rings. The molecule has 1 fully saturated rings. The summed E-state index contributed by atoms with van der Waals surface area (Å²) in [5.41, 5.74) is 1.21. The summed E-state index contributed by atoms with van der Waals surface area (Å²) < 4.78 is 1.05. The summed E-state index contributed by atoms with van der Waals surface area (Å²) in [6.45, 7) is 3.16. The van der Waals surface area contributed by atoms with Crippen LogP contribution in [0.1, 0.15) is 18.4 Å². The van der Waals surface area contributed by atoms with Crippen molar-refractivity contribution >= 4 is 33.5 Å². The maximum absolute atomic E-state index is 4.40. The molecule has 0 saturated carbocycles. The molecule has 0 aromatic carbocycles. The van der Waals surface area contributed by atoms with E-state index in [0.29, 0.717) is 0 Å². The lowest BCUT2D eigenvalue weighted by atomic mass is 10.0. The van der Waals surface area contributed by atoms with Crippen LogP contribution in [0.25, 0.3) is 0 Å². The molecule has 0 atom stereocenters. The van der Waals surface area contributed by atoms with Crippen LogP contribution >= 0.6 is 27.7 Å². The van der Waals surface area contributed by atoms with Crippen LogP contribution in [0.2, 0.25) is 0 Å². The third-order valence-corrected chi connectivity index (χ3v) is 4.43. The number of hydrogen-bond acceptors (Lipinski definition) is 3. The maximum atomic E-state index is 4.40. The van der Waals surface area contributed by atoms with Crippen molar-refractivity contribution in [3.63, 3.8) is 0 Å². The molecule has 1 aliphatic heterocycles. The van der Waals surface area contributed by atoms with Gasteiger partial charge in [0, 0.05) is 17.2 Å². The van der Waals surface area contributed by atoms with Crippen LogP contribution in [0.3, 0.4) is 0 Å². The fraction of sp³-hybridized carbons (Fsp3) is 0.583. The average molecular weight is 301 g/mol. The highest BCUT2D eigenvalue weighted by Gasteiger charge is 2.13. The van der Waals surface area contributed by atoms with E-state index in [9.17, 15) is 0 Å². The second-order valence-corrected chi connectivity index (χ2v) is 6.40. The van der Waals surface area contributed by atoms with Crippen molar-refractivity contribution in [2.45, 2.75) is 19.8 Å². The summed E-state index contributed by atoms with van der Waals surface area (Å²) in [5, 5.41) is 3.47. The lowest BCUT2D eigenvalue weighted by Gasteiger charge is -2.22. The lowest BCUT2D eigenvalue weighted by molar-refractivity contribution is 0.515. The Morgan fingerprint density at radius 1 is 1.50 bits per heavy atom. The van der Waals surface area contributed by atoms with E-state index < -0.39 is 0 Å². The largest absolute Gasteiger partial charge is 0.370 e. The highest BCUT2D eigenvalue weighted by molar-refractivity contribution is 9.10. The smallest absolute Gasteiger partial charge is 0.128 e. The second kappa shape index (κ2) is 5.92. The van der Waals surface area contributed by atoms with Crippen LogP contribution in [0.5, 0.6) is 0 Å². The molecule has 2 heterocycles. The zero-order valence-corrected chi connectivity index (χ0v) is 11.9. The molecule has 0 bridgehead atoms. The molecule has 0 aliphatic carbocycles. The van der Waals surface area contributed by atoms with Gasteiger partial charge in [-0.3, -0.25) is 0 Å². The van der Waals surface area contributed by atoms with Gasteiger partial charge in [0.2, 0.25) is 0 Å². The molecule has 88 valence electrons. The first-order chi connectivity index (χ1) is 7.75. The van der Waals surface area contributed by atoms with Crippen molar-refractivity contribution in [2.24, 2.45) is 5.92 Å². The summed E-state index contributed by atoms with van der Waals surface area (Å²) in [5.74, 6) is 4.49. The van der Waals surface area contributed by atoms with E-state index in [1.807, 2.05) is 6.20 Å². The van der Waals surface area contributed by atoms with E-state index in [2.05, 4.69) is 51.0 Å². The molecule has 2 rings (SSSR count). The van der Waals surface area contributed by atoms with Crippen LogP contribution in [0, 0.1) is 12.8 Å². The normalized spacial score (nSPS) is 17.4. The Bertz CT molecular complexity index is 351. The first kappa shape index (κ1) is 12.2. The van der Waals surface area contributed by atoms with E-state index in [1.54, 1.807) is 0 Å². The number of halogens is 1. The molecule has 0 unspecified atom stereocenters. The highest BCUT2D eigenvalue weighted by Crippen LogP contribution is 2.23. The molecule has 1 aromatic heterocycles. The molecule has 1 aliphatic rings. The van der Waals surface area contributed by atoms with E-state index in [4.69, 9.17) is 0 Å². The fourth-order valence-corrected chi connectivity index (χ4v) is 3.57. The van der Waals surface area contributed by atoms with Crippen molar-refractivity contribution in [3.05, 3.63) is 22.3 Å². The number of thioether (sulfide) groups is 1. The summed E-state index contributed by atoms with van der Waals surface area (Å²) in [7, 11) is 0. The minimum atomic E-state index is 0.825. The van der Waals surface area contributed by atoms with Gasteiger partial charge in [-0.15, -0.1) is 0 Å². The Kier molecular flexibility index (Phi) is 4.53. The number of aryl methyl sites for hydroxylation is 1. The van der Waals surface area contributed by atoms with E-state index in [-0.39, 0.29) is 0 Å². The summed E-state index contributed by atoms with van der Waals surface area (Å²) in [6.07, 6.45) is 4.53. The molecule has 0 amide bonds. The Morgan fingerprint density at radius 2 is 2.25 bits per heavy atom.